The number of hydrogen-bond acceptors (Lipinski definition) is 2. The van der Waals surface area contributed by atoms with Gasteiger partial charge in [0.25, 0.3) is 0 Å². The molecule has 1 rings (SSSR count). The van der Waals surface area contributed by atoms with Gasteiger partial charge in [0.1, 0.15) is 17.3 Å². The highest BCUT2D eigenvalue weighted by atomic mass is 35.5. The summed E-state index contributed by atoms with van der Waals surface area (Å²) in [6.45, 7) is 3.32. The smallest absolute Gasteiger partial charge is 0.244 e. The number of nitrogens with one attached hydrogen (secondary N) is 2. The number of alkyl halides is 3. The molecule has 88 valence electrons. The molecule has 1 aliphatic heterocycles. The lowest BCUT2D eigenvalue weighted by molar-refractivity contribution is -0.375. The molecule has 2 N–H and O–H groups in total. The second-order valence-electron chi connectivity index (χ2n) is 2.81. The average Bonchev–Trinajstić information content (AvgIpc) is 2.60. The van der Waals surface area contributed by atoms with E-state index in [0.717, 1.165) is 12.3 Å². The molecule has 0 saturated carbocycles. The molecule has 0 saturated heterocycles. The van der Waals surface area contributed by atoms with E-state index in [0.29, 0.717) is 0 Å². The van der Waals surface area contributed by atoms with E-state index >= 15 is 0 Å². The molecule has 3 nitrogen and oxygen atoms in total. The summed E-state index contributed by atoms with van der Waals surface area (Å²) in [4.78, 5) is 6.92. The van der Waals surface area contributed by atoms with Gasteiger partial charge in [0.2, 0.25) is 0 Å². The Morgan fingerprint density at radius 2 is 2.25 bits per heavy atom. The average molecular weight is 254 g/mol. The minimum absolute atomic E-state index is 0.0275. The molecule has 7 heteroatoms. The fraction of sp³-hybridized carbons (Fsp3) is 0.222. The Morgan fingerprint density at radius 1 is 1.62 bits per heavy atom. The number of rotatable bonds is 2. The lowest BCUT2D eigenvalue weighted by Crippen LogP contribution is -2.67. The zero-order valence-electron chi connectivity index (χ0n) is 8.28. The van der Waals surface area contributed by atoms with Crippen LogP contribution >= 0.6 is 11.6 Å². The molecule has 0 spiro atoms. The SMILES string of the molecule is C=C/C(Cl)=C1/C(C(F)(F)F)=C[NH+]=C1NOC. The molecule has 0 atom stereocenters. The number of halogens is 4. The van der Waals surface area contributed by atoms with Gasteiger partial charge < -0.3 is 0 Å². The second kappa shape index (κ2) is 4.71. The van der Waals surface area contributed by atoms with Crippen LogP contribution in [-0.4, -0.2) is 19.1 Å². The van der Waals surface area contributed by atoms with Crippen LogP contribution in [0, 0.1) is 0 Å². The van der Waals surface area contributed by atoms with Gasteiger partial charge in [0, 0.05) is 0 Å². The molecule has 0 fully saturated rings. The van der Waals surface area contributed by atoms with Crippen molar-refractivity contribution in [3.8, 4) is 0 Å². The number of amidine groups is 1. The lowest BCUT2D eigenvalue weighted by atomic mass is 10.1. The van der Waals surface area contributed by atoms with Crippen molar-refractivity contribution in [1.82, 2.24) is 5.48 Å². The van der Waals surface area contributed by atoms with Gasteiger partial charge in [-0.05, 0) is 6.08 Å². The molecule has 0 aliphatic carbocycles. The summed E-state index contributed by atoms with van der Waals surface area (Å²) in [5, 5.41) is -0.117. The van der Waals surface area contributed by atoms with Crippen molar-refractivity contribution in [2.45, 2.75) is 6.18 Å². The Balaban J connectivity index is 3.17. The first-order chi connectivity index (χ1) is 7.41. The summed E-state index contributed by atoms with van der Waals surface area (Å²) < 4.78 is 37.8. The van der Waals surface area contributed by atoms with E-state index in [2.05, 4.69) is 21.9 Å². The monoisotopic (exact) mass is 253 g/mol. The second-order valence-corrected chi connectivity index (χ2v) is 3.22. The van der Waals surface area contributed by atoms with E-state index in [1.807, 2.05) is 0 Å². The van der Waals surface area contributed by atoms with Crippen molar-refractivity contribution in [2.24, 2.45) is 0 Å². The summed E-state index contributed by atoms with van der Waals surface area (Å²) in [5.41, 5.74) is 1.18. The van der Waals surface area contributed by atoms with Crippen LogP contribution < -0.4 is 10.5 Å². The third kappa shape index (κ3) is 2.45. The van der Waals surface area contributed by atoms with Crippen molar-refractivity contribution in [3.05, 3.63) is 35.0 Å². The molecule has 0 aromatic rings. The number of hydrogen-bond donors (Lipinski definition) is 2. The largest absolute Gasteiger partial charge is 0.420 e. The Kier molecular flexibility index (Phi) is 3.77. The summed E-state index contributed by atoms with van der Waals surface area (Å²) in [5.74, 6) is 0.0275. The number of hydroxylamine groups is 1. The first-order valence-electron chi connectivity index (χ1n) is 4.14. The molecule has 0 unspecified atom stereocenters. The van der Waals surface area contributed by atoms with Crippen molar-refractivity contribution in [3.63, 3.8) is 0 Å². The van der Waals surface area contributed by atoms with Crippen LogP contribution in [0.25, 0.3) is 0 Å². The van der Waals surface area contributed by atoms with Gasteiger partial charge in [-0.3, -0.25) is 0 Å². The number of allylic oxidation sites excluding steroid dienone is 2. The van der Waals surface area contributed by atoms with Crippen LogP contribution in [0.5, 0.6) is 0 Å². The molecule has 1 aliphatic rings. The standard InChI is InChI=1S/C9H8ClF3N2O/c1-3-6(10)7-5(9(11,12)13)4-14-8(7)15-16-2/h3-4H,1H2,2H3,(H,14,15)/p+1/b7-6+. The molecule has 0 aromatic carbocycles. The van der Waals surface area contributed by atoms with E-state index in [4.69, 9.17) is 11.6 Å². The van der Waals surface area contributed by atoms with E-state index < -0.39 is 11.7 Å². The lowest BCUT2D eigenvalue weighted by Gasteiger charge is -2.09. The normalized spacial score (nSPS) is 19.1. The van der Waals surface area contributed by atoms with Gasteiger partial charge in [-0.25, -0.2) is 9.83 Å². The summed E-state index contributed by atoms with van der Waals surface area (Å²) in [6.07, 6.45) is -2.56. The van der Waals surface area contributed by atoms with Crippen LogP contribution in [0.4, 0.5) is 13.2 Å². The Morgan fingerprint density at radius 3 is 2.69 bits per heavy atom. The van der Waals surface area contributed by atoms with Gasteiger partial charge in [-0.2, -0.15) is 13.2 Å². The van der Waals surface area contributed by atoms with Gasteiger partial charge >= 0.3 is 12.0 Å². The maximum absolute atomic E-state index is 12.6. The fourth-order valence-electron chi connectivity index (χ4n) is 1.18. The maximum atomic E-state index is 12.6. The molecule has 0 bridgehead atoms. The summed E-state index contributed by atoms with van der Waals surface area (Å²) in [6, 6.07) is 0. The quantitative estimate of drug-likeness (QED) is 0.713. The highest BCUT2D eigenvalue weighted by molar-refractivity contribution is 6.34. The van der Waals surface area contributed by atoms with E-state index in [9.17, 15) is 13.2 Å². The summed E-state index contributed by atoms with van der Waals surface area (Å²) >= 11 is 5.67. The minimum atomic E-state index is -4.50. The molecule has 0 radical (unpaired) electrons. The van der Waals surface area contributed by atoms with E-state index in [1.54, 1.807) is 0 Å². The highest BCUT2D eigenvalue weighted by Gasteiger charge is 2.44. The van der Waals surface area contributed by atoms with Crippen LogP contribution in [-0.2, 0) is 4.84 Å². The first kappa shape index (κ1) is 12.8. The van der Waals surface area contributed by atoms with E-state index in [1.165, 1.54) is 7.11 Å². The fourth-order valence-corrected chi connectivity index (χ4v) is 1.38. The summed E-state index contributed by atoms with van der Waals surface area (Å²) in [7, 11) is 1.28. The molecule has 0 aromatic heterocycles. The van der Waals surface area contributed by atoms with Crippen molar-refractivity contribution in [1.29, 1.82) is 0 Å². The van der Waals surface area contributed by atoms with Gasteiger partial charge in [0.05, 0.1) is 12.1 Å². The maximum Gasteiger partial charge on any atom is 0.420 e. The predicted molar refractivity (Wildman–Crippen MR) is 53.3 cm³/mol. The Labute approximate surface area is 94.9 Å². The highest BCUT2D eigenvalue weighted by Crippen LogP contribution is 2.34. The predicted octanol–water partition coefficient (Wildman–Crippen LogP) is 0.755. The zero-order valence-corrected chi connectivity index (χ0v) is 9.04. The van der Waals surface area contributed by atoms with Gasteiger partial charge in [-0.15, -0.1) is 5.48 Å². The van der Waals surface area contributed by atoms with Crippen molar-refractivity contribution in [2.75, 3.05) is 7.11 Å². The topological polar surface area (TPSA) is 35.2 Å². The van der Waals surface area contributed by atoms with Crippen molar-refractivity contribution >= 4 is 17.4 Å². The van der Waals surface area contributed by atoms with Crippen LogP contribution in [0.1, 0.15) is 0 Å². The van der Waals surface area contributed by atoms with E-state index in [-0.39, 0.29) is 16.4 Å². The van der Waals surface area contributed by atoms with Crippen LogP contribution in [0.3, 0.4) is 0 Å². The third-order valence-corrected chi connectivity index (χ3v) is 2.15. The van der Waals surface area contributed by atoms with Crippen LogP contribution in [0.2, 0.25) is 0 Å². The van der Waals surface area contributed by atoms with Gasteiger partial charge in [-0.1, -0.05) is 18.2 Å². The molecular weight excluding hydrogens is 245 g/mol. The Hall–Kier alpha value is -1.27. The minimum Gasteiger partial charge on any atom is -0.244 e. The molecule has 16 heavy (non-hydrogen) atoms. The van der Waals surface area contributed by atoms with Crippen molar-refractivity contribution < 1.29 is 23.0 Å². The first-order valence-corrected chi connectivity index (χ1v) is 4.52. The molecule has 0 amide bonds. The molecule has 1 heterocycles. The Bertz CT molecular complexity index is 396. The zero-order chi connectivity index (χ0) is 12.3. The third-order valence-electron chi connectivity index (χ3n) is 1.81. The molecular formula is C9H9ClF3N2O+. The van der Waals surface area contributed by atoms with Crippen LogP contribution in [0.15, 0.2) is 35.0 Å². The van der Waals surface area contributed by atoms with Gasteiger partial charge in [0.15, 0.2) is 0 Å².